The van der Waals surface area contributed by atoms with Gasteiger partial charge in [-0.25, -0.2) is 0 Å². The SMILES string of the molecule is Cc1ccc(-c2nnc(SC(C)c3nnc(C)o3)n2-c2ccc(C)cc2)cc1. The summed E-state index contributed by atoms with van der Waals surface area (Å²) in [4.78, 5) is 0. The largest absolute Gasteiger partial charge is 0.424 e. The summed E-state index contributed by atoms with van der Waals surface area (Å²) in [6.45, 7) is 7.96. The predicted octanol–water partition coefficient (Wildman–Crippen LogP) is 5.10. The first-order valence-corrected chi connectivity index (χ1v) is 9.95. The molecule has 7 heteroatoms. The van der Waals surface area contributed by atoms with Crippen LogP contribution >= 0.6 is 11.8 Å². The third kappa shape index (κ3) is 3.71. The summed E-state index contributed by atoms with van der Waals surface area (Å²) < 4.78 is 7.66. The Hall–Kier alpha value is -2.93. The fourth-order valence-corrected chi connectivity index (χ4v) is 3.74. The van der Waals surface area contributed by atoms with Crippen LogP contribution in [0.3, 0.4) is 0 Å². The summed E-state index contributed by atoms with van der Waals surface area (Å²) in [6.07, 6.45) is 0. The first-order valence-electron chi connectivity index (χ1n) is 9.07. The molecule has 6 nitrogen and oxygen atoms in total. The lowest BCUT2D eigenvalue weighted by Crippen LogP contribution is -2.01. The minimum atomic E-state index is -0.0412. The standard InChI is InChI=1S/C21H21N5OS/c1-13-5-9-17(10-6-13)19-23-25-21(26(19)18-11-7-14(2)8-12-18)28-15(3)20-24-22-16(4)27-20/h5-12,15H,1-4H3. The average molecular weight is 392 g/mol. The van der Waals surface area contributed by atoms with Crippen molar-refractivity contribution in [3.8, 4) is 17.1 Å². The van der Waals surface area contributed by atoms with E-state index in [2.05, 4.69) is 87.3 Å². The lowest BCUT2D eigenvalue weighted by Gasteiger charge is -2.12. The van der Waals surface area contributed by atoms with E-state index in [1.165, 1.54) is 11.1 Å². The van der Waals surface area contributed by atoms with Crippen molar-refractivity contribution in [2.24, 2.45) is 0 Å². The second-order valence-electron chi connectivity index (χ2n) is 6.76. The first-order chi connectivity index (χ1) is 13.5. The Balaban J connectivity index is 1.77. The van der Waals surface area contributed by atoms with E-state index in [-0.39, 0.29) is 5.25 Å². The highest BCUT2D eigenvalue weighted by Gasteiger charge is 2.21. The van der Waals surface area contributed by atoms with Gasteiger partial charge in [-0.05, 0) is 32.9 Å². The Morgan fingerprint density at radius 2 is 1.46 bits per heavy atom. The molecule has 2 aromatic heterocycles. The number of aromatic nitrogens is 5. The molecule has 142 valence electrons. The van der Waals surface area contributed by atoms with Gasteiger partial charge >= 0.3 is 0 Å². The molecule has 0 amide bonds. The first kappa shape index (κ1) is 18.4. The molecule has 0 aliphatic rings. The summed E-state index contributed by atoms with van der Waals surface area (Å²) in [5, 5.41) is 17.8. The van der Waals surface area contributed by atoms with Gasteiger partial charge in [-0.2, -0.15) is 0 Å². The summed E-state index contributed by atoms with van der Waals surface area (Å²) in [5.41, 5.74) is 4.45. The van der Waals surface area contributed by atoms with E-state index < -0.39 is 0 Å². The van der Waals surface area contributed by atoms with E-state index >= 15 is 0 Å². The number of benzene rings is 2. The highest BCUT2D eigenvalue weighted by atomic mass is 32.2. The molecule has 0 radical (unpaired) electrons. The van der Waals surface area contributed by atoms with Crippen LogP contribution in [0, 0.1) is 20.8 Å². The maximum absolute atomic E-state index is 5.58. The van der Waals surface area contributed by atoms with E-state index in [0.717, 1.165) is 22.2 Å². The molecule has 0 N–H and O–H groups in total. The molecule has 0 aliphatic carbocycles. The molecule has 0 spiro atoms. The van der Waals surface area contributed by atoms with Crippen molar-refractivity contribution < 1.29 is 4.42 Å². The fraction of sp³-hybridized carbons (Fsp3) is 0.238. The van der Waals surface area contributed by atoms with Crippen LogP contribution in [0.5, 0.6) is 0 Å². The molecule has 0 saturated carbocycles. The van der Waals surface area contributed by atoms with Gasteiger partial charge in [-0.3, -0.25) is 4.57 Å². The zero-order valence-electron chi connectivity index (χ0n) is 16.2. The molecular formula is C21H21N5OS. The van der Waals surface area contributed by atoms with Gasteiger partial charge in [0.25, 0.3) is 0 Å². The molecule has 0 fully saturated rings. The van der Waals surface area contributed by atoms with Crippen molar-refractivity contribution in [2.75, 3.05) is 0 Å². The summed E-state index contributed by atoms with van der Waals surface area (Å²) in [6, 6.07) is 16.7. The molecule has 0 saturated heterocycles. The van der Waals surface area contributed by atoms with Crippen molar-refractivity contribution in [2.45, 2.75) is 38.1 Å². The van der Waals surface area contributed by atoms with Crippen LogP contribution < -0.4 is 0 Å². The van der Waals surface area contributed by atoms with Gasteiger partial charge in [0.1, 0.15) is 0 Å². The molecule has 28 heavy (non-hydrogen) atoms. The Labute approximate surface area is 168 Å². The van der Waals surface area contributed by atoms with E-state index in [1.54, 1.807) is 18.7 Å². The van der Waals surface area contributed by atoms with Crippen molar-refractivity contribution in [1.29, 1.82) is 0 Å². The number of rotatable bonds is 5. The minimum Gasteiger partial charge on any atom is -0.424 e. The Morgan fingerprint density at radius 3 is 2.07 bits per heavy atom. The topological polar surface area (TPSA) is 69.6 Å². The molecule has 2 aromatic carbocycles. The Bertz CT molecular complexity index is 1080. The molecule has 4 aromatic rings. The van der Waals surface area contributed by atoms with Gasteiger partial charge in [0.05, 0.1) is 5.25 Å². The maximum Gasteiger partial charge on any atom is 0.229 e. The molecule has 2 heterocycles. The minimum absolute atomic E-state index is 0.0412. The van der Waals surface area contributed by atoms with Gasteiger partial charge in [0.2, 0.25) is 11.8 Å². The lowest BCUT2D eigenvalue weighted by atomic mass is 10.1. The Kier molecular flexibility index (Phi) is 5.00. The van der Waals surface area contributed by atoms with Crippen LogP contribution in [-0.2, 0) is 0 Å². The van der Waals surface area contributed by atoms with Gasteiger partial charge in [0.15, 0.2) is 11.0 Å². The molecule has 1 atom stereocenters. The van der Waals surface area contributed by atoms with Crippen LogP contribution in [0.1, 0.15) is 35.1 Å². The highest BCUT2D eigenvalue weighted by Crippen LogP contribution is 2.36. The monoisotopic (exact) mass is 391 g/mol. The van der Waals surface area contributed by atoms with E-state index in [1.807, 2.05) is 6.92 Å². The summed E-state index contributed by atoms with van der Waals surface area (Å²) >= 11 is 1.55. The van der Waals surface area contributed by atoms with Crippen molar-refractivity contribution in [3.63, 3.8) is 0 Å². The second-order valence-corrected chi connectivity index (χ2v) is 8.07. The molecular weight excluding hydrogens is 370 g/mol. The van der Waals surface area contributed by atoms with E-state index in [0.29, 0.717) is 11.8 Å². The molecule has 0 bridgehead atoms. The number of aryl methyl sites for hydroxylation is 3. The number of nitrogens with zero attached hydrogens (tertiary/aromatic N) is 5. The number of hydrogen-bond acceptors (Lipinski definition) is 6. The van der Waals surface area contributed by atoms with Crippen LogP contribution in [-0.4, -0.2) is 25.0 Å². The van der Waals surface area contributed by atoms with Gasteiger partial charge in [0, 0.05) is 18.2 Å². The van der Waals surface area contributed by atoms with Crippen LogP contribution in [0.2, 0.25) is 0 Å². The van der Waals surface area contributed by atoms with Crippen LogP contribution in [0.15, 0.2) is 58.1 Å². The quantitative estimate of drug-likeness (QED) is 0.441. The predicted molar refractivity (Wildman–Crippen MR) is 110 cm³/mol. The summed E-state index contributed by atoms with van der Waals surface area (Å²) in [7, 11) is 0. The lowest BCUT2D eigenvalue weighted by molar-refractivity contribution is 0.470. The molecule has 4 rings (SSSR count). The van der Waals surface area contributed by atoms with Crippen molar-refractivity contribution >= 4 is 11.8 Å². The third-order valence-corrected chi connectivity index (χ3v) is 5.44. The van der Waals surface area contributed by atoms with Crippen LogP contribution in [0.4, 0.5) is 0 Å². The molecule has 1 unspecified atom stereocenters. The Morgan fingerprint density at radius 1 is 0.821 bits per heavy atom. The van der Waals surface area contributed by atoms with Gasteiger partial charge in [-0.15, -0.1) is 20.4 Å². The smallest absolute Gasteiger partial charge is 0.229 e. The van der Waals surface area contributed by atoms with Crippen molar-refractivity contribution in [3.05, 3.63) is 71.4 Å². The normalized spacial score (nSPS) is 12.3. The van der Waals surface area contributed by atoms with E-state index in [4.69, 9.17) is 4.42 Å². The maximum atomic E-state index is 5.58. The molecule has 0 aliphatic heterocycles. The number of hydrogen-bond donors (Lipinski definition) is 0. The van der Waals surface area contributed by atoms with Crippen LogP contribution in [0.25, 0.3) is 17.1 Å². The highest BCUT2D eigenvalue weighted by molar-refractivity contribution is 7.99. The zero-order valence-corrected chi connectivity index (χ0v) is 17.1. The third-order valence-electron chi connectivity index (χ3n) is 4.41. The number of thioether (sulfide) groups is 1. The zero-order chi connectivity index (χ0) is 19.7. The van der Waals surface area contributed by atoms with E-state index in [9.17, 15) is 0 Å². The van der Waals surface area contributed by atoms with Crippen molar-refractivity contribution in [1.82, 2.24) is 25.0 Å². The summed E-state index contributed by atoms with van der Waals surface area (Å²) in [5.74, 6) is 1.95. The second kappa shape index (κ2) is 7.59. The van der Waals surface area contributed by atoms with Gasteiger partial charge in [-0.1, -0.05) is 59.3 Å². The van der Waals surface area contributed by atoms with Gasteiger partial charge < -0.3 is 4.42 Å². The average Bonchev–Trinajstić information content (AvgIpc) is 3.30. The fourth-order valence-electron chi connectivity index (χ4n) is 2.85.